The minimum atomic E-state index is 0.176. The van der Waals surface area contributed by atoms with Crippen LogP contribution in [0.25, 0.3) is 0 Å². The Kier molecular flexibility index (Phi) is 2.73. The monoisotopic (exact) mass is 312 g/mol. The normalized spacial score (nSPS) is 14.1. The molecule has 1 aliphatic rings. The molecule has 0 bridgehead atoms. The fraction of sp³-hybridized carbons (Fsp3) is 0.250. The molecule has 2 aromatic rings. The average molecular weight is 313 g/mol. The van der Waals surface area contributed by atoms with Gasteiger partial charge in [0.25, 0.3) is 0 Å². The van der Waals surface area contributed by atoms with Gasteiger partial charge < -0.3 is 0 Å². The van der Waals surface area contributed by atoms with Gasteiger partial charge >= 0.3 is 0 Å². The van der Waals surface area contributed by atoms with Crippen molar-refractivity contribution in [1.29, 1.82) is 0 Å². The summed E-state index contributed by atoms with van der Waals surface area (Å²) in [7, 11) is 0. The van der Waals surface area contributed by atoms with E-state index in [2.05, 4.69) is 22.0 Å². The van der Waals surface area contributed by atoms with Crippen molar-refractivity contribution in [1.82, 2.24) is 0 Å². The van der Waals surface area contributed by atoms with E-state index in [9.17, 15) is 4.79 Å². The lowest BCUT2D eigenvalue weighted by Gasteiger charge is -1.92. The van der Waals surface area contributed by atoms with Gasteiger partial charge in [-0.05, 0) is 59.0 Å². The first-order chi connectivity index (χ1) is 7.74. The van der Waals surface area contributed by atoms with E-state index in [1.807, 2.05) is 12.1 Å². The molecule has 0 amide bonds. The van der Waals surface area contributed by atoms with E-state index in [1.54, 1.807) is 11.3 Å². The molecule has 0 saturated carbocycles. The molecule has 4 heteroatoms. The van der Waals surface area contributed by atoms with E-state index in [4.69, 9.17) is 0 Å². The fourth-order valence-electron chi connectivity index (χ4n) is 2.00. The summed E-state index contributed by atoms with van der Waals surface area (Å²) in [6.07, 6.45) is 3.55. The molecule has 16 heavy (non-hydrogen) atoms. The predicted molar refractivity (Wildman–Crippen MR) is 71.8 cm³/mol. The SMILES string of the molecule is O=C(c1ccc(Br)s1)c1cc2c(s1)CCC2. The first-order valence-electron chi connectivity index (χ1n) is 5.15. The number of hydrogen-bond acceptors (Lipinski definition) is 3. The molecule has 1 aliphatic carbocycles. The van der Waals surface area contributed by atoms with Gasteiger partial charge in [-0.3, -0.25) is 4.79 Å². The zero-order chi connectivity index (χ0) is 11.1. The van der Waals surface area contributed by atoms with Crippen molar-refractivity contribution in [3.05, 3.63) is 42.2 Å². The predicted octanol–water partition coefficient (Wildman–Crippen LogP) is 4.29. The van der Waals surface area contributed by atoms with E-state index in [1.165, 1.54) is 28.2 Å². The highest BCUT2D eigenvalue weighted by Crippen LogP contribution is 2.33. The van der Waals surface area contributed by atoms with Gasteiger partial charge in [-0.15, -0.1) is 22.7 Å². The molecular formula is C12H9BrOS2. The van der Waals surface area contributed by atoms with Gasteiger partial charge in [0.1, 0.15) is 0 Å². The van der Waals surface area contributed by atoms with Crippen molar-refractivity contribution in [3.8, 4) is 0 Å². The third kappa shape index (κ3) is 1.79. The number of carbonyl (C=O) groups excluding carboxylic acids is 1. The van der Waals surface area contributed by atoms with E-state index in [0.29, 0.717) is 0 Å². The van der Waals surface area contributed by atoms with E-state index in [0.717, 1.165) is 26.4 Å². The highest BCUT2D eigenvalue weighted by atomic mass is 79.9. The molecule has 0 atom stereocenters. The lowest BCUT2D eigenvalue weighted by Crippen LogP contribution is -1.94. The zero-order valence-electron chi connectivity index (χ0n) is 8.46. The molecule has 1 nitrogen and oxygen atoms in total. The van der Waals surface area contributed by atoms with Crippen molar-refractivity contribution >= 4 is 44.4 Å². The number of ketones is 1. The van der Waals surface area contributed by atoms with Gasteiger partial charge in [0.15, 0.2) is 0 Å². The lowest BCUT2D eigenvalue weighted by molar-refractivity contribution is 0.104. The Morgan fingerprint density at radius 1 is 1.19 bits per heavy atom. The second-order valence-electron chi connectivity index (χ2n) is 3.85. The Morgan fingerprint density at radius 2 is 2.06 bits per heavy atom. The molecule has 0 aliphatic heterocycles. The van der Waals surface area contributed by atoms with Crippen LogP contribution in [0, 0.1) is 0 Å². The van der Waals surface area contributed by atoms with Gasteiger partial charge in [-0.2, -0.15) is 0 Å². The number of carbonyl (C=O) groups is 1. The third-order valence-electron chi connectivity index (χ3n) is 2.77. The maximum absolute atomic E-state index is 12.2. The maximum atomic E-state index is 12.2. The summed E-state index contributed by atoms with van der Waals surface area (Å²) in [6, 6.07) is 5.91. The number of thiophene rings is 2. The van der Waals surface area contributed by atoms with Crippen LogP contribution in [-0.2, 0) is 12.8 Å². The van der Waals surface area contributed by atoms with Gasteiger partial charge in [-0.25, -0.2) is 0 Å². The molecule has 82 valence electrons. The Balaban J connectivity index is 1.95. The second kappa shape index (κ2) is 4.09. The summed E-state index contributed by atoms with van der Waals surface area (Å²) in [5.41, 5.74) is 1.39. The minimum absolute atomic E-state index is 0.176. The van der Waals surface area contributed by atoms with Crippen LogP contribution in [-0.4, -0.2) is 5.78 Å². The quantitative estimate of drug-likeness (QED) is 0.756. The summed E-state index contributed by atoms with van der Waals surface area (Å²) >= 11 is 6.57. The van der Waals surface area contributed by atoms with Gasteiger partial charge in [0.05, 0.1) is 13.5 Å². The Hall–Kier alpha value is -0.450. The number of aryl methyl sites for hydroxylation is 2. The van der Waals surface area contributed by atoms with Crippen molar-refractivity contribution in [2.24, 2.45) is 0 Å². The van der Waals surface area contributed by atoms with Crippen LogP contribution in [0.4, 0.5) is 0 Å². The zero-order valence-corrected chi connectivity index (χ0v) is 11.7. The van der Waals surface area contributed by atoms with Crippen molar-refractivity contribution in [2.45, 2.75) is 19.3 Å². The molecule has 0 saturated heterocycles. The van der Waals surface area contributed by atoms with Crippen molar-refractivity contribution in [3.63, 3.8) is 0 Å². The van der Waals surface area contributed by atoms with Gasteiger partial charge in [-0.1, -0.05) is 0 Å². The Morgan fingerprint density at radius 3 is 2.75 bits per heavy atom. The second-order valence-corrected chi connectivity index (χ2v) is 7.45. The lowest BCUT2D eigenvalue weighted by atomic mass is 10.2. The van der Waals surface area contributed by atoms with E-state index < -0.39 is 0 Å². The smallest absolute Gasteiger partial charge is 0.212 e. The first-order valence-corrected chi connectivity index (χ1v) is 7.58. The van der Waals surface area contributed by atoms with Crippen molar-refractivity contribution in [2.75, 3.05) is 0 Å². The summed E-state index contributed by atoms with van der Waals surface area (Å²) in [6.45, 7) is 0. The fourth-order valence-corrected chi connectivity index (χ4v) is 4.61. The molecule has 0 radical (unpaired) electrons. The van der Waals surface area contributed by atoms with Crippen LogP contribution in [0.15, 0.2) is 22.0 Å². The molecule has 0 aromatic carbocycles. The number of hydrogen-bond donors (Lipinski definition) is 0. The average Bonchev–Trinajstić information content (AvgIpc) is 2.89. The van der Waals surface area contributed by atoms with E-state index >= 15 is 0 Å². The third-order valence-corrected chi connectivity index (χ3v) is 5.63. The largest absolute Gasteiger partial charge is 0.287 e. The molecule has 0 N–H and O–H groups in total. The van der Waals surface area contributed by atoms with Crippen LogP contribution in [0.2, 0.25) is 0 Å². The topological polar surface area (TPSA) is 17.1 Å². The molecule has 2 heterocycles. The summed E-state index contributed by atoms with van der Waals surface area (Å²) < 4.78 is 1.01. The summed E-state index contributed by atoms with van der Waals surface area (Å²) in [5, 5.41) is 0. The molecular weight excluding hydrogens is 304 g/mol. The van der Waals surface area contributed by atoms with Crippen LogP contribution in [0.5, 0.6) is 0 Å². The number of halogens is 1. The maximum Gasteiger partial charge on any atom is 0.212 e. The summed E-state index contributed by atoms with van der Waals surface area (Å²) in [4.78, 5) is 15.3. The first kappa shape index (κ1) is 10.7. The number of rotatable bonds is 2. The Bertz CT molecular complexity index is 532. The number of fused-ring (bicyclic) bond motifs is 1. The minimum Gasteiger partial charge on any atom is -0.287 e. The van der Waals surface area contributed by atoms with Gasteiger partial charge in [0, 0.05) is 4.88 Å². The highest BCUT2D eigenvalue weighted by Gasteiger charge is 2.20. The van der Waals surface area contributed by atoms with Crippen LogP contribution in [0.3, 0.4) is 0 Å². The standard InChI is InChI=1S/C12H9BrOS2/c13-11-5-4-9(16-11)12(14)10-6-7-2-1-3-8(7)15-10/h4-6H,1-3H2. The molecule has 3 rings (SSSR count). The van der Waals surface area contributed by atoms with Crippen LogP contribution < -0.4 is 0 Å². The molecule has 2 aromatic heterocycles. The Labute approximate surface area is 110 Å². The van der Waals surface area contributed by atoms with Gasteiger partial charge in [0.2, 0.25) is 5.78 Å². The molecule has 0 unspecified atom stereocenters. The highest BCUT2D eigenvalue weighted by molar-refractivity contribution is 9.11. The molecule has 0 fully saturated rings. The summed E-state index contributed by atoms with van der Waals surface area (Å²) in [5.74, 6) is 0.176. The van der Waals surface area contributed by atoms with Crippen molar-refractivity contribution < 1.29 is 4.79 Å². The van der Waals surface area contributed by atoms with Crippen LogP contribution >= 0.6 is 38.6 Å². The molecule has 0 spiro atoms. The van der Waals surface area contributed by atoms with E-state index in [-0.39, 0.29) is 5.78 Å². The van der Waals surface area contributed by atoms with Crippen LogP contribution in [0.1, 0.15) is 31.4 Å².